The molecular weight excluding hydrogens is 368 g/mol. The van der Waals surface area contributed by atoms with E-state index in [0.29, 0.717) is 13.0 Å². The lowest BCUT2D eigenvalue weighted by Crippen LogP contribution is -2.54. The molecule has 1 aromatic rings. The van der Waals surface area contributed by atoms with Crippen LogP contribution in [0.4, 0.5) is 0 Å². The van der Waals surface area contributed by atoms with Crippen molar-refractivity contribution in [2.45, 2.75) is 70.1 Å². The molecule has 3 amide bonds. The van der Waals surface area contributed by atoms with Crippen LogP contribution in [-0.4, -0.2) is 54.3 Å². The van der Waals surface area contributed by atoms with Crippen LogP contribution < -0.4 is 16.0 Å². The smallest absolute Gasteiger partial charge is 0.245 e. The highest BCUT2D eigenvalue weighted by Gasteiger charge is 2.37. The highest BCUT2D eigenvalue weighted by Crippen LogP contribution is 2.30. The molecule has 2 aliphatic rings. The van der Waals surface area contributed by atoms with Gasteiger partial charge in [-0.3, -0.25) is 14.4 Å². The van der Waals surface area contributed by atoms with E-state index in [0.717, 1.165) is 25.7 Å². The Labute approximate surface area is 172 Å². The molecule has 29 heavy (non-hydrogen) atoms. The minimum atomic E-state index is -0.665. The van der Waals surface area contributed by atoms with Crippen LogP contribution in [0.3, 0.4) is 0 Å². The lowest BCUT2D eigenvalue weighted by molar-refractivity contribution is -0.141. The summed E-state index contributed by atoms with van der Waals surface area (Å²) < 4.78 is 0. The molecule has 0 radical (unpaired) electrons. The van der Waals surface area contributed by atoms with Crippen LogP contribution in [-0.2, 0) is 20.8 Å². The zero-order valence-corrected chi connectivity index (χ0v) is 17.5. The van der Waals surface area contributed by atoms with Crippen molar-refractivity contribution in [1.82, 2.24) is 20.9 Å². The number of hydrogen-bond acceptors (Lipinski definition) is 4. The molecule has 0 aromatic heterocycles. The molecule has 7 heteroatoms. The largest absolute Gasteiger partial charge is 0.347 e. The van der Waals surface area contributed by atoms with Gasteiger partial charge in [-0.25, -0.2) is 0 Å². The Balaban J connectivity index is 1.64. The number of fused-ring (bicyclic) bond motifs is 1. The van der Waals surface area contributed by atoms with E-state index in [9.17, 15) is 14.4 Å². The maximum Gasteiger partial charge on any atom is 0.245 e. The zero-order chi connectivity index (χ0) is 21.0. The van der Waals surface area contributed by atoms with Gasteiger partial charge in [-0.05, 0) is 64.1 Å². The SMILES string of the molecule is CN[C@@H](C)C(=O)N[C@@H](C)C(=O)N1CCC[C@H]1C(=O)N[C@H]1CCCc2ccccc21. The summed E-state index contributed by atoms with van der Waals surface area (Å²) in [6.45, 7) is 3.95. The Morgan fingerprint density at radius 2 is 1.83 bits per heavy atom. The molecule has 1 heterocycles. The molecule has 1 aromatic carbocycles. The predicted octanol–water partition coefficient (Wildman–Crippen LogP) is 1.28. The van der Waals surface area contributed by atoms with Crippen molar-refractivity contribution in [1.29, 1.82) is 0 Å². The highest BCUT2D eigenvalue weighted by molar-refractivity contribution is 5.93. The summed E-state index contributed by atoms with van der Waals surface area (Å²) in [5.41, 5.74) is 2.48. The number of likely N-dealkylation sites (N-methyl/N-ethyl adjacent to an activating group) is 1. The predicted molar refractivity (Wildman–Crippen MR) is 111 cm³/mol. The molecule has 0 bridgehead atoms. The number of likely N-dealkylation sites (tertiary alicyclic amines) is 1. The molecule has 0 saturated carbocycles. The summed E-state index contributed by atoms with van der Waals surface area (Å²) in [5.74, 6) is -0.532. The van der Waals surface area contributed by atoms with Crippen molar-refractivity contribution in [2.24, 2.45) is 0 Å². The van der Waals surface area contributed by atoms with Crippen LogP contribution in [0.15, 0.2) is 24.3 Å². The van der Waals surface area contributed by atoms with Crippen LogP contribution in [0.25, 0.3) is 0 Å². The third-order valence-electron chi connectivity index (χ3n) is 6.08. The van der Waals surface area contributed by atoms with Crippen molar-refractivity contribution in [2.75, 3.05) is 13.6 Å². The van der Waals surface area contributed by atoms with Crippen molar-refractivity contribution in [3.63, 3.8) is 0 Å². The first-order chi connectivity index (χ1) is 13.9. The van der Waals surface area contributed by atoms with Crippen molar-refractivity contribution in [3.05, 3.63) is 35.4 Å². The number of hydrogen-bond donors (Lipinski definition) is 3. The van der Waals surface area contributed by atoms with Crippen molar-refractivity contribution in [3.8, 4) is 0 Å². The maximum atomic E-state index is 13.0. The van der Waals surface area contributed by atoms with Gasteiger partial charge >= 0.3 is 0 Å². The van der Waals surface area contributed by atoms with E-state index >= 15 is 0 Å². The molecule has 158 valence electrons. The molecule has 1 aliphatic carbocycles. The minimum Gasteiger partial charge on any atom is -0.347 e. The number of nitrogens with zero attached hydrogens (tertiary/aromatic N) is 1. The number of amides is 3. The second-order valence-corrected chi connectivity index (χ2v) is 8.08. The lowest BCUT2D eigenvalue weighted by Gasteiger charge is -2.31. The molecule has 3 N–H and O–H groups in total. The van der Waals surface area contributed by atoms with Gasteiger partial charge in [0.15, 0.2) is 0 Å². The topological polar surface area (TPSA) is 90.5 Å². The van der Waals surface area contributed by atoms with Crippen molar-refractivity contribution >= 4 is 17.7 Å². The standard InChI is InChI=1S/C22H32N4O3/c1-14(23-3)20(27)24-15(2)22(29)26-13-7-12-19(26)21(28)25-18-11-6-9-16-8-4-5-10-17(16)18/h4-5,8,10,14-15,18-19,23H,6-7,9,11-13H2,1-3H3,(H,24,27)(H,25,28)/t14-,15-,18-,19-/m0/s1. The number of nitrogens with one attached hydrogen (secondary N) is 3. The Morgan fingerprint density at radius 3 is 2.59 bits per heavy atom. The van der Waals surface area contributed by atoms with Crippen LogP contribution >= 0.6 is 0 Å². The number of rotatable bonds is 6. The van der Waals surface area contributed by atoms with Gasteiger partial charge in [0, 0.05) is 6.54 Å². The van der Waals surface area contributed by atoms with E-state index in [4.69, 9.17) is 0 Å². The molecule has 7 nitrogen and oxygen atoms in total. The first-order valence-corrected chi connectivity index (χ1v) is 10.6. The van der Waals surface area contributed by atoms with Crippen molar-refractivity contribution < 1.29 is 14.4 Å². The van der Waals surface area contributed by atoms with Gasteiger partial charge in [-0.1, -0.05) is 24.3 Å². The van der Waals surface area contributed by atoms with E-state index < -0.39 is 12.1 Å². The van der Waals surface area contributed by atoms with Gasteiger partial charge in [0.05, 0.1) is 12.1 Å². The first kappa shape index (κ1) is 21.3. The average molecular weight is 401 g/mol. The molecule has 0 spiro atoms. The number of carbonyl (C=O) groups is 3. The highest BCUT2D eigenvalue weighted by atomic mass is 16.2. The van der Waals surface area contributed by atoms with E-state index in [1.54, 1.807) is 25.8 Å². The molecule has 3 rings (SSSR count). The summed E-state index contributed by atoms with van der Waals surface area (Å²) in [4.78, 5) is 39.6. The van der Waals surface area contributed by atoms with E-state index in [-0.39, 0.29) is 29.8 Å². The third-order valence-corrected chi connectivity index (χ3v) is 6.08. The molecular formula is C22H32N4O3. The van der Waals surface area contributed by atoms with E-state index in [1.807, 2.05) is 12.1 Å². The molecule has 1 aliphatic heterocycles. The fourth-order valence-electron chi connectivity index (χ4n) is 4.25. The van der Waals surface area contributed by atoms with Gasteiger partial charge in [-0.2, -0.15) is 0 Å². The van der Waals surface area contributed by atoms with Crippen LogP contribution in [0.1, 0.15) is 56.7 Å². The third kappa shape index (κ3) is 4.78. The monoisotopic (exact) mass is 400 g/mol. The Bertz CT molecular complexity index is 766. The van der Waals surface area contributed by atoms with Gasteiger partial charge in [-0.15, -0.1) is 0 Å². The molecule has 1 saturated heterocycles. The number of benzene rings is 1. The minimum absolute atomic E-state index is 0.00129. The molecule has 0 unspecified atom stereocenters. The lowest BCUT2D eigenvalue weighted by atomic mass is 9.87. The summed E-state index contributed by atoms with van der Waals surface area (Å²) in [6, 6.07) is 6.72. The number of carbonyl (C=O) groups excluding carboxylic acids is 3. The van der Waals surface area contributed by atoms with Crippen LogP contribution in [0.2, 0.25) is 0 Å². The van der Waals surface area contributed by atoms with Gasteiger partial charge in [0.25, 0.3) is 0 Å². The average Bonchev–Trinajstić information content (AvgIpc) is 3.22. The van der Waals surface area contributed by atoms with Gasteiger partial charge in [0.2, 0.25) is 17.7 Å². The second-order valence-electron chi connectivity index (χ2n) is 8.08. The summed E-state index contributed by atoms with van der Waals surface area (Å²) in [5, 5.41) is 8.77. The molecule has 1 fully saturated rings. The van der Waals surface area contributed by atoms with Gasteiger partial charge in [0.1, 0.15) is 12.1 Å². The quantitative estimate of drug-likeness (QED) is 0.671. The Morgan fingerprint density at radius 1 is 1.07 bits per heavy atom. The maximum absolute atomic E-state index is 13.0. The summed E-state index contributed by atoms with van der Waals surface area (Å²) in [6.07, 6.45) is 4.44. The summed E-state index contributed by atoms with van der Waals surface area (Å²) in [7, 11) is 1.70. The van der Waals surface area contributed by atoms with E-state index in [1.165, 1.54) is 11.1 Å². The Kier molecular flexibility index (Phi) is 6.90. The second kappa shape index (κ2) is 9.39. The normalized spacial score (nSPS) is 23.1. The first-order valence-electron chi connectivity index (χ1n) is 10.6. The fraction of sp³-hybridized carbons (Fsp3) is 0.591. The zero-order valence-electron chi connectivity index (χ0n) is 17.5. The number of aryl methyl sites for hydroxylation is 1. The fourth-order valence-corrected chi connectivity index (χ4v) is 4.25. The van der Waals surface area contributed by atoms with Crippen LogP contribution in [0, 0.1) is 0 Å². The van der Waals surface area contributed by atoms with E-state index in [2.05, 4.69) is 28.1 Å². The Hall–Kier alpha value is -2.41. The summed E-state index contributed by atoms with van der Waals surface area (Å²) >= 11 is 0. The molecule has 4 atom stereocenters. The van der Waals surface area contributed by atoms with Gasteiger partial charge < -0.3 is 20.9 Å². The van der Waals surface area contributed by atoms with Crippen LogP contribution in [0.5, 0.6) is 0 Å².